The van der Waals surface area contributed by atoms with E-state index in [-0.39, 0.29) is 13.2 Å². The van der Waals surface area contributed by atoms with Crippen molar-refractivity contribution in [3.8, 4) is 12.3 Å². The molecule has 0 unspecified atom stereocenters. The third-order valence-electron chi connectivity index (χ3n) is 2.02. The molecule has 0 radical (unpaired) electrons. The van der Waals surface area contributed by atoms with Crippen molar-refractivity contribution in [3.05, 3.63) is 40.9 Å². The molecule has 0 aliphatic carbocycles. The van der Waals surface area contributed by atoms with Gasteiger partial charge in [0.05, 0.1) is 6.54 Å². The van der Waals surface area contributed by atoms with E-state index in [9.17, 15) is 9.59 Å². The Labute approximate surface area is 116 Å². The number of halogens is 1. The summed E-state index contributed by atoms with van der Waals surface area (Å²) in [5.74, 6) is 1.20. The summed E-state index contributed by atoms with van der Waals surface area (Å²) in [6, 6.07) is 6.93. The van der Waals surface area contributed by atoms with Crippen molar-refractivity contribution in [2.24, 2.45) is 0 Å². The predicted octanol–water partition coefficient (Wildman–Crippen LogP) is 1.65. The van der Waals surface area contributed by atoms with Gasteiger partial charge in [0.2, 0.25) is 0 Å². The molecule has 0 heterocycles. The molecule has 0 aliphatic rings. The number of hydrogen-bond donors (Lipinski definition) is 1. The highest BCUT2D eigenvalue weighted by atomic mass is 35.5. The number of esters is 1. The fourth-order valence-corrected chi connectivity index (χ4v) is 1.25. The van der Waals surface area contributed by atoms with Gasteiger partial charge in [0.1, 0.15) is 0 Å². The van der Waals surface area contributed by atoms with Crippen LogP contribution in [0.4, 0.5) is 0 Å². The van der Waals surface area contributed by atoms with Crippen LogP contribution >= 0.6 is 11.6 Å². The van der Waals surface area contributed by atoms with Crippen molar-refractivity contribution in [2.75, 3.05) is 13.2 Å². The largest absolute Gasteiger partial charge is 0.452 e. The lowest BCUT2D eigenvalue weighted by Gasteiger charge is -2.01. The van der Waals surface area contributed by atoms with E-state index in [1.165, 1.54) is 6.08 Å². The van der Waals surface area contributed by atoms with E-state index >= 15 is 0 Å². The quantitative estimate of drug-likeness (QED) is 0.506. The highest BCUT2D eigenvalue weighted by Gasteiger charge is 2.03. The van der Waals surface area contributed by atoms with Crippen molar-refractivity contribution in [1.29, 1.82) is 0 Å². The van der Waals surface area contributed by atoms with E-state index in [1.54, 1.807) is 30.3 Å². The van der Waals surface area contributed by atoms with Crippen molar-refractivity contribution < 1.29 is 14.3 Å². The molecule has 1 amide bonds. The van der Waals surface area contributed by atoms with Gasteiger partial charge in [-0.05, 0) is 23.8 Å². The van der Waals surface area contributed by atoms with Gasteiger partial charge in [-0.1, -0.05) is 29.7 Å². The number of ether oxygens (including phenoxy) is 1. The normalized spacial score (nSPS) is 9.89. The molecule has 0 saturated carbocycles. The third kappa shape index (κ3) is 6.29. The molecule has 1 aromatic rings. The molecule has 0 atom stereocenters. The van der Waals surface area contributed by atoms with Crippen LogP contribution in [0.5, 0.6) is 0 Å². The maximum Gasteiger partial charge on any atom is 0.331 e. The Kier molecular flexibility index (Phi) is 6.20. The zero-order valence-corrected chi connectivity index (χ0v) is 10.8. The minimum atomic E-state index is -0.606. The molecule has 0 fully saturated rings. The second-order valence-corrected chi connectivity index (χ2v) is 3.91. The summed E-state index contributed by atoms with van der Waals surface area (Å²) in [5, 5.41) is 2.99. The molecular weight excluding hydrogens is 266 g/mol. The summed E-state index contributed by atoms with van der Waals surface area (Å²) in [6.45, 7) is -0.248. The lowest BCUT2D eigenvalue weighted by molar-refractivity contribution is -0.143. The molecule has 19 heavy (non-hydrogen) atoms. The van der Waals surface area contributed by atoms with Gasteiger partial charge in [-0.2, -0.15) is 0 Å². The molecule has 0 aliphatic heterocycles. The van der Waals surface area contributed by atoms with E-state index in [1.807, 2.05) is 0 Å². The molecule has 0 saturated heterocycles. The van der Waals surface area contributed by atoms with Crippen LogP contribution < -0.4 is 5.32 Å². The number of benzene rings is 1. The molecule has 1 N–H and O–H groups in total. The Morgan fingerprint density at radius 1 is 1.37 bits per heavy atom. The predicted molar refractivity (Wildman–Crippen MR) is 73.3 cm³/mol. The second-order valence-electron chi connectivity index (χ2n) is 3.47. The summed E-state index contributed by atoms with van der Waals surface area (Å²) in [5.41, 5.74) is 0.804. The van der Waals surface area contributed by atoms with Gasteiger partial charge in [0.15, 0.2) is 6.61 Å². The molecule has 98 valence electrons. The van der Waals surface area contributed by atoms with Crippen LogP contribution in [0.2, 0.25) is 5.02 Å². The minimum Gasteiger partial charge on any atom is -0.452 e. The molecule has 5 heteroatoms. The number of hydrogen-bond acceptors (Lipinski definition) is 3. The Bertz CT molecular complexity index is 514. The number of carbonyl (C=O) groups excluding carboxylic acids is 2. The number of terminal acetylenes is 1. The smallest absolute Gasteiger partial charge is 0.331 e. The highest BCUT2D eigenvalue weighted by Crippen LogP contribution is 2.10. The average molecular weight is 278 g/mol. The van der Waals surface area contributed by atoms with Crippen molar-refractivity contribution in [3.63, 3.8) is 0 Å². The van der Waals surface area contributed by atoms with Gasteiger partial charge in [0.25, 0.3) is 5.91 Å². The topological polar surface area (TPSA) is 55.4 Å². The van der Waals surface area contributed by atoms with Crippen LogP contribution in [0, 0.1) is 12.3 Å². The first kappa shape index (κ1) is 14.8. The molecule has 0 spiro atoms. The van der Waals surface area contributed by atoms with E-state index in [0.29, 0.717) is 5.02 Å². The highest BCUT2D eigenvalue weighted by molar-refractivity contribution is 6.30. The monoisotopic (exact) mass is 277 g/mol. The fourth-order valence-electron chi connectivity index (χ4n) is 1.12. The van der Waals surface area contributed by atoms with Crippen LogP contribution in [0.1, 0.15) is 5.56 Å². The van der Waals surface area contributed by atoms with Crippen molar-refractivity contribution in [2.45, 2.75) is 0 Å². The first-order chi connectivity index (χ1) is 9.11. The lowest BCUT2D eigenvalue weighted by atomic mass is 10.2. The summed E-state index contributed by atoms with van der Waals surface area (Å²) < 4.78 is 4.71. The average Bonchev–Trinajstić information content (AvgIpc) is 2.42. The number of rotatable bonds is 5. The van der Waals surface area contributed by atoms with E-state index in [4.69, 9.17) is 22.8 Å². The Balaban J connectivity index is 2.37. The van der Waals surface area contributed by atoms with E-state index in [0.717, 1.165) is 5.56 Å². The van der Waals surface area contributed by atoms with Crippen LogP contribution in [0.3, 0.4) is 0 Å². The maximum absolute atomic E-state index is 11.3. The summed E-state index contributed by atoms with van der Waals surface area (Å²) in [4.78, 5) is 22.4. The Hall–Kier alpha value is -2.25. The van der Waals surface area contributed by atoms with Gasteiger partial charge in [0, 0.05) is 11.1 Å². The third-order valence-corrected chi connectivity index (χ3v) is 2.27. The van der Waals surface area contributed by atoms with Crippen molar-refractivity contribution in [1.82, 2.24) is 5.32 Å². The standard InChI is InChI=1S/C14H12ClNO3/c1-2-9-16-13(17)10-19-14(18)8-5-11-3-6-12(15)7-4-11/h1,3-8H,9-10H2,(H,16,17)/b8-5+. The molecule has 1 rings (SSSR count). The van der Waals surface area contributed by atoms with Gasteiger partial charge < -0.3 is 10.1 Å². The van der Waals surface area contributed by atoms with Crippen LogP contribution in [0.25, 0.3) is 6.08 Å². The first-order valence-electron chi connectivity index (χ1n) is 5.42. The zero-order valence-electron chi connectivity index (χ0n) is 10.1. The lowest BCUT2D eigenvalue weighted by Crippen LogP contribution is -2.28. The van der Waals surface area contributed by atoms with Gasteiger partial charge in [-0.25, -0.2) is 4.79 Å². The van der Waals surface area contributed by atoms with E-state index < -0.39 is 11.9 Å². The van der Waals surface area contributed by atoms with Crippen LogP contribution in [0.15, 0.2) is 30.3 Å². The summed E-state index contributed by atoms with van der Waals surface area (Å²) in [7, 11) is 0. The molecular formula is C14H12ClNO3. The van der Waals surface area contributed by atoms with E-state index in [2.05, 4.69) is 11.2 Å². The van der Waals surface area contributed by atoms with Crippen molar-refractivity contribution >= 4 is 29.6 Å². The Morgan fingerprint density at radius 3 is 2.68 bits per heavy atom. The van der Waals surface area contributed by atoms with Gasteiger partial charge >= 0.3 is 5.97 Å². The molecule has 0 bridgehead atoms. The van der Waals surface area contributed by atoms with Gasteiger partial charge in [-0.15, -0.1) is 6.42 Å². The fraction of sp³-hybridized carbons (Fsp3) is 0.143. The zero-order chi connectivity index (χ0) is 14.1. The second kappa shape index (κ2) is 7.96. The maximum atomic E-state index is 11.3. The molecule has 1 aromatic carbocycles. The SMILES string of the molecule is C#CCNC(=O)COC(=O)/C=C/c1ccc(Cl)cc1. The van der Waals surface area contributed by atoms with Crippen LogP contribution in [-0.2, 0) is 14.3 Å². The Morgan fingerprint density at radius 2 is 2.05 bits per heavy atom. The number of nitrogens with one attached hydrogen (secondary N) is 1. The molecule has 0 aromatic heterocycles. The van der Waals surface area contributed by atoms with Gasteiger partial charge in [-0.3, -0.25) is 4.79 Å². The first-order valence-corrected chi connectivity index (χ1v) is 5.80. The number of carbonyl (C=O) groups is 2. The molecule has 4 nitrogen and oxygen atoms in total. The van der Waals surface area contributed by atoms with Crippen LogP contribution in [-0.4, -0.2) is 25.0 Å². The number of amides is 1. The minimum absolute atomic E-state index is 0.108. The summed E-state index contributed by atoms with van der Waals surface area (Å²) in [6.07, 6.45) is 7.76. The summed E-state index contributed by atoms with van der Waals surface area (Å²) >= 11 is 5.73.